The Bertz CT molecular complexity index is 3830. The van der Waals surface area contributed by atoms with Crippen molar-refractivity contribution >= 4 is 83.6 Å². The molecular weight excluding hydrogens is 1810 g/mol. The first-order chi connectivity index (χ1) is 63.2. The second kappa shape index (κ2) is 49.6. The highest BCUT2D eigenvalue weighted by Gasteiger charge is 2.66. The smallest absolute Gasteiger partial charge is 0.303 e. The normalized spacial score (nSPS) is 35.6. The zero-order valence-electron chi connectivity index (χ0n) is 72.7. The quantitative estimate of drug-likeness (QED) is 0.0355. The molecule has 0 saturated carbocycles. The molecule has 0 aromatic rings. The Balaban J connectivity index is 1.49. The minimum absolute atomic E-state index is 0.796. The third-order valence-corrected chi connectivity index (χ3v) is 19.7. The molecule has 728 valence electrons. The summed E-state index contributed by atoms with van der Waals surface area (Å²) in [5, 5.41) is 25.5. The van der Waals surface area contributed by atoms with Gasteiger partial charge in [0.05, 0.1) is 88.5 Å². The Labute approximate surface area is 747 Å². The molecule has 0 N–H and O–H groups in total. The van der Waals surface area contributed by atoms with E-state index in [1.54, 1.807) is 0 Å². The van der Waals surface area contributed by atoms with E-state index in [1.165, 1.54) is 0 Å². The van der Waals surface area contributed by atoms with Crippen molar-refractivity contribution in [3.63, 3.8) is 0 Å². The maximum atomic E-state index is 13.8. The predicted octanol–water partition coefficient (Wildman–Crippen LogP) is 1.99. The van der Waals surface area contributed by atoms with Crippen LogP contribution in [0.5, 0.6) is 0 Å². The van der Waals surface area contributed by atoms with Crippen LogP contribution in [-0.4, -0.2) is 344 Å². The number of carbonyl (C=O) groups excluding carboxylic acids is 14. The van der Waals surface area contributed by atoms with Crippen molar-refractivity contribution in [1.82, 2.24) is 0 Å². The first kappa shape index (κ1) is 106. The van der Waals surface area contributed by atoms with Crippen molar-refractivity contribution in [1.29, 1.82) is 0 Å². The Morgan fingerprint density at radius 3 is 0.346 bits per heavy atom. The summed E-state index contributed by atoms with van der Waals surface area (Å²) >= 11 is 0. The minimum Gasteiger partial charge on any atom is -0.455 e. The van der Waals surface area contributed by atoms with Crippen molar-refractivity contribution in [2.24, 2.45) is 35.8 Å². The molecule has 21 aliphatic rings. The van der Waals surface area contributed by atoms with Crippen LogP contribution in [0.1, 0.15) is 96.9 Å². The molecule has 0 aliphatic carbocycles. The molecule has 0 aromatic heterocycles. The van der Waals surface area contributed by atoms with E-state index in [4.69, 9.17) is 133 Å². The summed E-state index contributed by atoms with van der Waals surface area (Å²) in [5.74, 6) is -18.1. The van der Waals surface area contributed by atoms with Crippen LogP contribution in [-0.2, 0) is 200 Å². The Hall–Kier alpha value is -12.8. The van der Waals surface area contributed by atoms with E-state index >= 15 is 0 Å². The molecule has 0 amide bonds. The summed E-state index contributed by atoms with van der Waals surface area (Å²) in [4.78, 5) is 213. The predicted molar refractivity (Wildman–Crippen MR) is 411 cm³/mol. The van der Waals surface area contributed by atoms with Gasteiger partial charge in [0.15, 0.2) is 129 Å². The van der Waals surface area contributed by atoms with Crippen molar-refractivity contribution < 1.29 is 200 Å². The lowest BCUT2D eigenvalue weighted by molar-refractivity contribution is -0.391. The van der Waals surface area contributed by atoms with Crippen molar-refractivity contribution in [2.45, 2.75) is 312 Å². The number of nitrogens with zero attached hydrogens (tertiary/aromatic N) is 21. The molecule has 0 aromatic carbocycles. The monoisotopic (exact) mass is 1900 g/mol. The molecule has 21 rings (SSSR count). The van der Waals surface area contributed by atoms with Crippen LogP contribution in [0.4, 0.5) is 0 Å². The summed E-state index contributed by atoms with van der Waals surface area (Å²) in [7, 11) is 0. The topological polar surface area (TPSA) is 839 Å². The van der Waals surface area contributed by atoms with E-state index in [0.29, 0.717) is 0 Å². The molecule has 21 aliphatic heterocycles. The zero-order chi connectivity index (χ0) is 97.9. The first-order valence-electron chi connectivity index (χ1n) is 39.8. The van der Waals surface area contributed by atoms with Gasteiger partial charge in [0.2, 0.25) is 0 Å². The van der Waals surface area contributed by atoms with Gasteiger partial charge < -0.3 is 133 Å². The number of rotatable bonds is 28. The standard InChI is InChI=1S/C70H91N21O42/c1-22(92)106-50-43-36(15-78-85-71)120-64(57(50)113-29(8)99)128-44-37(16-79-86-72)122-66(59(115-31(10)101)51(44)107-23(2)93)130-46-39(18-81-88-74)124-68(61(117-33(12)103)53(46)109-25(4)95)132-48-41(20-83-90-76)126-70(63(119-35(14)105)55(48)111-27(6)97)133-49-42(21-84-91-77)125-69(62(118-34(13)104)56(49)112-28(7)98)131-47-40(19-82-89-75)123-67(60(116-32(11)102)54(47)110-26(5)96)129-45-38(17-80-87-73)121-65(127-43)58(114-30(9)100)52(45)108-24(3)94/h36-70H,15-21H2,1-14H3/t36?,37?,38?,39?,40?,41?,42?,43-,44-,45-,46-,47+,48?,49-,50?,51?,52?,53?,54?,55?,56?,57?,58?,59?,60?,61?,62?,63?,64-,65-,66-,67-,68+,69+,70+/m1/s1. The summed E-state index contributed by atoms with van der Waals surface area (Å²) in [5.41, 5.74) is 70.3. The molecule has 63 nitrogen and oxygen atoms in total. The number of ether oxygens (including phenoxy) is 28. The van der Waals surface area contributed by atoms with E-state index in [9.17, 15) is 106 Å². The third kappa shape index (κ3) is 28.6. The van der Waals surface area contributed by atoms with E-state index in [0.717, 1.165) is 96.9 Å². The van der Waals surface area contributed by atoms with Crippen LogP contribution in [0.25, 0.3) is 73.1 Å². The van der Waals surface area contributed by atoms with Crippen molar-refractivity contribution in [2.75, 3.05) is 45.8 Å². The SMILES string of the molecule is CC(=O)OC1C2O[C@@H]3OC(CN=[N+]=[N-])[C@@H](O[C@H]4OC(CN=[N+]=[N-])[C@@H](O[C@H]5OC(CN=[N+]=[N-])[C@@H](O[C@H]6OC(CN=[N+]=[N-])[C@@H](O[C@H]7OC(CN=[N+]=[N-])[C@H](O[C@@H]8OC(CN=[N+]=[N-])[C@@H](O[C@H](OC2CN=[N+]=[N-])C1OC(C)=O)C(OC(C)=O)C8OC(C)=O)C(OC(C)=O)C7OC(C)=O)C(OC(C)=O)C6OC(C)=O)C(OC(C)=O)C5OC(C)=O)C(OC(C)=O)C4OC(C)=O)C(OC(C)=O)C3OC(C)=O. The second-order valence-electron chi connectivity index (χ2n) is 29.4. The van der Waals surface area contributed by atoms with Gasteiger partial charge in [0.25, 0.3) is 0 Å². The van der Waals surface area contributed by atoms with Gasteiger partial charge in [0.1, 0.15) is 42.7 Å². The number of azide groups is 7. The Morgan fingerprint density at radius 2 is 0.263 bits per heavy atom. The maximum Gasteiger partial charge on any atom is 0.303 e. The van der Waals surface area contributed by atoms with Gasteiger partial charge in [-0.15, -0.1) is 0 Å². The second-order valence-corrected chi connectivity index (χ2v) is 29.4. The largest absolute Gasteiger partial charge is 0.455 e. The Kier molecular flexibility index (Phi) is 39.4. The average Bonchev–Trinajstić information content (AvgIpc) is 1.07. The fraction of sp³-hybridized carbons (Fsp3) is 0.800. The van der Waals surface area contributed by atoms with E-state index in [1.807, 2.05) is 0 Å². The van der Waals surface area contributed by atoms with Crippen LogP contribution in [0.3, 0.4) is 0 Å². The molecule has 63 heteroatoms. The molecule has 0 spiro atoms. The summed E-state index contributed by atoms with van der Waals surface area (Å²) in [6.07, 6.45) is -79.7. The highest BCUT2D eigenvalue weighted by atomic mass is 16.8. The molecule has 133 heavy (non-hydrogen) atoms. The highest BCUT2D eigenvalue weighted by Crippen LogP contribution is 2.45. The van der Waals surface area contributed by atoms with Gasteiger partial charge in [0, 0.05) is 131 Å². The lowest BCUT2D eigenvalue weighted by Crippen LogP contribution is -2.70. The highest BCUT2D eigenvalue weighted by molar-refractivity contribution is 5.72. The maximum absolute atomic E-state index is 13.8. The molecule has 21 saturated heterocycles. The summed E-state index contributed by atoms with van der Waals surface area (Å²) < 4.78 is 174. The van der Waals surface area contributed by atoms with Crippen LogP contribution in [0.15, 0.2) is 35.8 Å². The third-order valence-electron chi connectivity index (χ3n) is 19.7. The number of carbonyl (C=O) groups is 14. The fourth-order valence-corrected chi connectivity index (χ4v) is 15.5. The lowest BCUT2D eigenvalue weighted by Gasteiger charge is -2.52. The van der Waals surface area contributed by atoms with Crippen LogP contribution in [0, 0.1) is 0 Å². The summed E-state index contributed by atoms with van der Waals surface area (Å²) in [6.45, 7) is 3.94. The van der Waals surface area contributed by atoms with E-state index in [2.05, 4.69) is 70.2 Å². The Morgan fingerprint density at radius 1 is 0.173 bits per heavy atom. The van der Waals surface area contributed by atoms with Gasteiger partial charge >= 0.3 is 83.6 Å². The van der Waals surface area contributed by atoms with Gasteiger partial charge in [-0.25, -0.2) is 0 Å². The van der Waals surface area contributed by atoms with Crippen molar-refractivity contribution in [3.05, 3.63) is 73.1 Å². The van der Waals surface area contributed by atoms with Crippen LogP contribution in [0.2, 0.25) is 0 Å². The fourth-order valence-electron chi connectivity index (χ4n) is 15.5. The molecule has 22 unspecified atom stereocenters. The van der Waals surface area contributed by atoms with Gasteiger partial charge in [-0.3, -0.25) is 67.1 Å². The molecule has 21 fully saturated rings. The molecule has 21 heterocycles. The van der Waals surface area contributed by atoms with Gasteiger partial charge in [-0.1, -0.05) is 35.8 Å². The molecule has 35 atom stereocenters. The first-order valence-corrected chi connectivity index (χ1v) is 39.8. The van der Waals surface area contributed by atoms with E-state index < -0.39 is 344 Å². The number of hydrogen-bond donors (Lipinski definition) is 0. The average molecular weight is 1900 g/mol. The molecule has 0 radical (unpaired) electrons. The van der Waals surface area contributed by atoms with Gasteiger partial charge in [-0.05, 0) is 38.7 Å². The molecular formula is C70H91N21O42. The molecule has 14 bridgehead atoms. The van der Waals surface area contributed by atoms with Crippen LogP contribution < -0.4 is 0 Å². The summed E-state index contributed by atoms with van der Waals surface area (Å²) in [6, 6.07) is 0. The number of hydrogen-bond acceptors (Lipinski definition) is 49. The zero-order valence-corrected chi connectivity index (χ0v) is 72.7. The van der Waals surface area contributed by atoms with E-state index in [-0.39, 0.29) is 0 Å². The lowest BCUT2D eigenvalue weighted by atomic mass is 9.94. The number of esters is 14. The van der Waals surface area contributed by atoms with Gasteiger partial charge in [-0.2, -0.15) is 0 Å². The van der Waals surface area contributed by atoms with Crippen LogP contribution >= 0.6 is 0 Å². The minimum atomic E-state index is -2.42. The van der Waals surface area contributed by atoms with Crippen molar-refractivity contribution in [3.8, 4) is 0 Å².